The minimum absolute atomic E-state index is 0.177. The average Bonchev–Trinajstić information content (AvgIpc) is 3.07. The van der Waals surface area contributed by atoms with Crippen LogP contribution in [0.5, 0.6) is 0 Å². The minimum Gasteiger partial charge on any atom is -0.392 e. The summed E-state index contributed by atoms with van der Waals surface area (Å²) in [7, 11) is 0. The fourth-order valence-corrected chi connectivity index (χ4v) is 2.93. The molecule has 3 rings (SSSR count). The first-order chi connectivity index (χ1) is 7.71. The molecule has 2 heteroatoms. The lowest BCUT2D eigenvalue weighted by atomic mass is 9.78. The molecule has 0 bridgehead atoms. The Bertz CT molecular complexity index is 397. The van der Waals surface area contributed by atoms with Crippen LogP contribution in [0, 0.1) is 5.41 Å². The molecule has 1 fully saturated rings. The minimum atomic E-state index is -0.193. The zero-order valence-electron chi connectivity index (χ0n) is 9.82. The van der Waals surface area contributed by atoms with Crippen LogP contribution in [0.25, 0.3) is 0 Å². The van der Waals surface area contributed by atoms with Gasteiger partial charge < -0.3 is 5.11 Å². The van der Waals surface area contributed by atoms with Crippen LogP contribution in [-0.2, 0) is 6.42 Å². The van der Waals surface area contributed by atoms with Gasteiger partial charge in [-0.05, 0) is 49.1 Å². The van der Waals surface area contributed by atoms with Gasteiger partial charge in [0.05, 0.1) is 6.10 Å². The Morgan fingerprint density at radius 1 is 1.50 bits per heavy atom. The summed E-state index contributed by atoms with van der Waals surface area (Å²) in [4.78, 5) is 4.50. The summed E-state index contributed by atoms with van der Waals surface area (Å²) in [5, 5.41) is 10.5. The third-order valence-electron chi connectivity index (χ3n) is 4.37. The summed E-state index contributed by atoms with van der Waals surface area (Å²) in [5.74, 6) is 0.275. The number of aryl methyl sites for hydroxylation is 1. The second-order valence-corrected chi connectivity index (χ2v) is 5.65. The van der Waals surface area contributed by atoms with Gasteiger partial charge in [-0.25, -0.2) is 0 Å². The first-order valence-corrected chi connectivity index (χ1v) is 6.32. The normalized spacial score (nSPS) is 28.2. The monoisotopic (exact) mass is 217 g/mol. The molecule has 1 aromatic rings. The Labute approximate surface area is 96.7 Å². The molecular weight excluding hydrogens is 198 g/mol. The van der Waals surface area contributed by atoms with E-state index in [1.165, 1.54) is 24.8 Å². The molecule has 0 aromatic carbocycles. The van der Waals surface area contributed by atoms with E-state index in [0.29, 0.717) is 0 Å². The Morgan fingerprint density at radius 3 is 3.06 bits per heavy atom. The van der Waals surface area contributed by atoms with Gasteiger partial charge in [-0.3, -0.25) is 4.98 Å². The lowest BCUT2D eigenvalue weighted by Crippen LogP contribution is -2.30. The Hall–Kier alpha value is -0.890. The highest BCUT2D eigenvalue weighted by Gasteiger charge is 2.48. The molecule has 0 amide bonds. The van der Waals surface area contributed by atoms with Crippen molar-refractivity contribution in [2.75, 3.05) is 0 Å². The largest absolute Gasteiger partial charge is 0.392 e. The third-order valence-corrected chi connectivity index (χ3v) is 4.37. The quantitative estimate of drug-likeness (QED) is 0.826. The van der Waals surface area contributed by atoms with Gasteiger partial charge in [0.25, 0.3) is 0 Å². The van der Waals surface area contributed by atoms with Gasteiger partial charge in [-0.15, -0.1) is 0 Å². The molecular formula is C14H19NO. The van der Waals surface area contributed by atoms with Crippen LogP contribution in [0.2, 0.25) is 0 Å². The fraction of sp³-hybridized carbons (Fsp3) is 0.643. The number of pyridine rings is 1. The maximum atomic E-state index is 10.5. The zero-order valence-corrected chi connectivity index (χ0v) is 9.82. The molecule has 1 aromatic heterocycles. The summed E-state index contributed by atoms with van der Waals surface area (Å²) < 4.78 is 0. The third kappa shape index (κ3) is 1.56. The molecule has 1 N–H and O–H groups in total. The molecule has 2 aliphatic rings. The molecule has 0 aliphatic heterocycles. The van der Waals surface area contributed by atoms with Gasteiger partial charge in [0, 0.05) is 17.8 Å². The van der Waals surface area contributed by atoms with Crippen LogP contribution in [0.1, 0.15) is 49.8 Å². The molecule has 2 atom stereocenters. The summed E-state index contributed by atoms with van der Waals surface area (Å²) in [6.45, 7) is 2.20. The van der Waals surface area contributed by atoms with Crippen LogP contribution in [0.4, 0.5) is 0 Å². The number of hydrogen-bond donors (Lipinski definition) is 1. The molecule has 86 valence electrons. The van der Waals surface area contributed by atoms with Gasteiger partial charge in [0.15, 0.2) is 0 Å². The number of aliphatic hydroxyl groups is 1. The molecule has 0 spiro atoms. The smallest absolute Gasteiger partial charge is 0.0677 e. The van der Waals surface area contributed by atoms with E-state index in [1.807, 2.05) is 12.3 Å². The summed E-state index contributed by atoms with van der Waals surface area (Å²) >= 11 is 0. The molecule has 2 nitrogen and oxygen atoms in total. The topological polar surface area (TPSA) is 33.1 Å². The Morgan fingerprint density at radius 2 is 2.31 bits per heavy atom. The van der Waals surface area contributed by atoms with Crippen molar-refractivity contribution in [3.8, 4) is 0 Å². The van der Waals surface area contributed by atoms with E-state index in [0.717, 1.165) is 18.5 Å². The van der Waals surface area contributed by atoms with Crippen molar-refractivity contribution < 1.29 is 5.11 Å². The van der Waals surface area contributed by atoms with Gasteiger partial charge in [0.2, 0.25) is 0 Å². The highest BCUT2D eigenvalue weighted by atomic mass is 16.3. The van der Waals surface area contributed by atoms with Crippen molar-refractivity contribution in [1.29, 1.82) is 0 Å². The van der Waals surface area contributed by atoms with Gasteiger partial charge in [-0.2, -0.15) is 0 Å². The van der Waals surface area contributed by atoms with Gasteiger partial charge in [0.1, 0.15) is 0 Å². The number of fused-ring (bicyclic) bond motifs is 1. The van der Waals surface area contributed by atoms with Crippen LogP contribution < -0.4 is 0 Å². The molecule has 2 unspecified atom stereocenters. The van der Waals surface area contributed by atoms with E-state index < -0.39 is 0 Å². The van der Waals surface area contributed by atoms with Crippen molar-refractivity contribution in [2.24, 2.45) is 5.41 Å². The van der Waals surface area contributed by atoms with E-state index in [2.05, 4.69) is 18.0 Å². The Kier molecular flexibility index (Phi) is 2.28. The van der Waals surface area contributed by atoms with Gasteiger partial charge in [-0.1, -0.05) is 13.0 Å². The van der Waals surface area contributed by atoms with Gasteiger partial charge >= 0.3 is 0 Å². The van der Waals surface area contributed by atoms with Crippen molar-refractivity contribution >= 4 is 0 Å². The maximum Gasteiger partial charge on any atom is 0.0677 e. The molecule has 16 heavy (non-hydrogen) atoms. The molecule has 1 heterocycles. The average molecular weight is 217 g/mol. The first-order valence-electron chi connectivity index (χ1n) is 6.32. The predicted molar refractivity (Wildman–Crippen MR) is 63.3 cm³/mol. The molecule has 1 saturated carbocycles. The van der Waals surface area contributed by atoms with Crippen LogP contribution >= 0.6 is 0 Å². The second kappa shape index (κ2) is 3.56. The van der Waals surface area contributed by atoms with Crippen molar-refractivity contribution in [2.45, 2.75) is 51.0 Å². The highest BCUT2D eigenvalue weighted by Crippen LogP contribution is 2.53. The van der Waals surface area contributed by atoms with E-state index >= 15 is 0 Å². The molecule has 2 aliphatic carbocycles. The number of nitrogens with zero attached hydrogens (tertiary/aromatic N) is 1. The summed E-state index contributed by atoms with van der Waals surface area (Å²) in [6.07, 6.45) is 7.43. The fourth-order valence-electron chi connectivity index (χ4n) is 2.93. The number of aromatic nitrogens is 1. The van der Waals surface area contributed by atoms with Crippen molar-refractivity contribution in [1.82, 2.24) is 4.98 Å². The standard InChI is InChI=1S/C14H19NO/c1-14(7-8-14)13(16)11-6-2-4-10-5-3-9-15-12(10)11/h3,5,9,11,13,16H,2,4,6-8H2,1H3. The molecule has 0 saturated heterocycles. The number of aliphatic hydroxyl groups excluding tert-OH is 1. The summed E-state index contributed by atoms with van der Waals surface area (Å²) in [6, 6.07) is 4.17. The van der Waals surface area contributed by atoms with E-state index in [4.69, 9.17) is 0 Å². The van der Waals surface area contributed by atoms with Crippen LogP contribution in [0.3, 0.4) is 0 Å². The number of rotatable bonds is 2. The second-order valence-electron chi connectivity index (χ2n) is 5.65. The van der Waals surface area contributed by atoms with E-state index in [1.54, 1.807) is 0 Å². The molecule has 0 radical (unpaired) electrons. The highest BCUT2D eigenvalue weighted by molar-refractivity contribution is 5.28. The van der Waals surface area contributed by atoms with Crippen LogP contribution in [-0.4, -0.2) is 16.2 Å². The lowest BCUT2D eigenvalue weighted by Gasteiger charge is -2.31. The van der Waals surface area contributed by atoms with Crippen LogP contribution in [0.15, 0.2) is 18.3 Å². The Balaban J connectivity index is 1.92. The number of hydrogen-bond acceptors (Lipinski definition) is 2. The zero-order chi connectivity index (χ0) is 11.2. The van der Waals surface area contributed by atoms with E-state index in [-0.39, 0.29) is 17.4 Å². The van der Waals surface area contributed by atoms with Crippen molar-refractivity contribution in [3.05, 3.63) is 29.6 Å². The SMILES string of the molecule is CC1(C(O)C2CCCc3cccnc32)CC1. The first kappa shape index (κ1) is 10.3. The maximum absolute atomic E-state index is 10.5. The van der Waals surface area contributed by atoms with E-state index in [9.17, 15) is 5.11 Å². The van der Waals surface area contributed by atoms with Crippen molar-refractivity contribution in [3.63, 3.8) is 0 Å². The predicted octanol–water partition coefficient (Wildman–Crippen LogP) is 2.66. The summed E-state index contributed by atoms with van der Waals surface area (Å²) in [5.41, 5.74) is 2.69. The lowest BCUT2D eigenvalue weighted by molar-refractivity contribution is 0.0673.